The van der Waals surface area contributed by atoms with Crippen molar-refractivity contribution in [1.82, 2.24) is 4.90 Å². The zero-order valence-corrected chi connectivity index (χ0v) is 18.2. The van der Waals surface area contributed by atoms with Crippen LogP contribution in [0, 0.1) is 0 Å². The van der Waals surface area contributed by atoms with Gasteiger partial charge in [-0.2, -0.15) is 0 Å². The first kappa shape index (κ1) is 19.3. The summed E-state index contributed by atoms with van der Waals surface area (Å²) in [5.41, 5.74) is 2.85. The van der Waals surface area contributed by atoms with E-state index in [2.05, 4.69) is 43.0 Å². The normalized spacial score (nSPS) is 19.0. The van der Waals surface area contributed by atoms with Gasteiger partial charge < -0.3 is 18.9 Å². The Kier molecular flexibility index (Phi) is 4.86. The lowest BCUT2D eigenvalue weighted by Gasteiger charge is -2.37. The van der Waals surface area contributed by atoms with Crippen molar-refractivity contribution in [3.05, 3.63) is 35.4 Å². The van der Waals surface area contributed by atoms with Crippen LogP contribution >= 0.6 is 0 Å². The second-order valence-electron chi connectivity index (χ2n) is 7.79. The highest BCUT2D eigenvalue weighted by molar-refractivity contribution is 6.13. The molecule has 5 nitrogen and oxygen atoms in total. The molecule has 30 heavy (non-hydrogen) atoms. The predicted molar refractivity (Wildman–Crippen MR) is 119 cm³/mol. The number of nitrogens with zero attached hydrogens (tertiary/aromatic N) is 1. The number of fused-ring (bicyclic) bond motifs is 8. The van der Waals surface area contributed by atoms with Crippen molar-refractivity contribution < 1.29 is 18.9 Å². The smallest absolute Gasteiger partial charge is 0.231 e. The summed E-state index contributed by atoms with van der Waals surface area (Å²) in [7, 11) is 0. The third-order valence-corrected chi connectivity index (χ3v) is 6.52. The Bertz CT molecular complexity index is 1040. The molecular formula is C25H29NO4. The van der Waals surface area contributed by atoms with Crippen LogP contribution in [0.4, 0.5) is 0 Å². The van der Waals surface area contributed by atoms with Crippen molar-refractivity contribution in [2.75, 3.05) is 20.1 Å². The Morgan fingerprint density at radius 3 is 1.67 bits per heavy atom. The maximum Gasteiger partial charge on any atom is 0.231 e. The highest BCUT2D eigenvalue weighted by Crippen LogP contribution is 2.47. The van der Waals surface area contributed by atoms with Crippen LogP contribution in [-0.2, 0) is 13.0 Å². The SMILES string of the molecule is CC.CCC1Cc2c(c3cc4c(cc3c3cc5c(cc23)OCO5)OCO4)CN1CC. The minimum atomic E-state index is 0.289. The maximum absolute atomic E-state index is 5.70. The van der Waals surface area contributed by atoms with Crippen LogP contribution < -0.4 is 18.9 Å². The highest BCUT2D eigenvalue weighted by Gasteiger charge is 2.30. The molecule has 3 aromatic carbocycles. The molecule has 0 N–H and O–H groups in total. The summed E-state index contributed by atoms with van der Waals surface area (Å²) in [5, 5.41) is 4.94. The Morgan fingerprint density at radius 2 is 1.20 bits per heavy atom. The van der Waals surface area contributed by atoms with Crippen molar-refractivity contribution in [3.63, 3.8) is 0 Å². The van der Waals surface area contributed by atoms with Crippen LogP contribution in [0.5, 0.6) is 23.0 Å². The molecule has 0 aromatic heterocycles. The van der Waals surface area contributed by atoms with Gasteiger partial charge >= 0.3 is 0 Å². The van der Waals surface area contributed by atoms with Gasteiger partial charge in [-0.3, -0.25) is 4.90 Å². The summed E-state index contributed by atoms with van der Waals surface area (Å²) in [6.45, 7) is 11.1. The van der Waals surface area contributed by atoms with E-state index in [9.17, 15) is 0 Å². The number of rotatable bonds is 2. The predicted octanol–water partition coefficient (Wildman–Crippen LogP) is 5.63. The molecule has 0 saturated carbocycles. The first-order valence-electron chi connectivity index (χ1n) is 11.1. The number of likely N-dealkylation sites (N-methyl/N-ethyl adjacent to an activating group) is 1. The molecule has 0 fully saturated rings. The Hall–Kier alpha value is -2.66. The average Bonchev–Trinajstić information content (AvgIpc) is 3.45. The Morgan fingerprint density at radius 1 is 0.733 bits per heavy atom. The summed E-state index contributed by atoms with van der Waals surface area (Å²) in [6.07, 6.45) is 2.21. The summed E-state index contributed by atoms with van der Waals surface area (Å²) < 4.78 is 22.8. The molecule has 1 atom stereocenters. The minimum Gasteiger partial charge on any atom is -0.454 e. The molecule has 0 radical (unpaired) electrons. The van der Waals surface area contributed by atoms with E-state index in [4.69, 9.17) is 18.9 Å². The highest BCUT2D eigenvalue weighted by atomic mass is 16.7. The van der Waals surface area contributed by atoms with Crippen molar-refractivity contribution in [2.45, 2.75) is 53.1 Å². The van der Waals surface area contributed by atoms with E-state index in [0.29, 0.717) is 12.8 Å². The summed E-state index contributed by atoms with van der Waals surface area (Å²) >= 11 is 0. The minimum absolute atomic E-state index is 0.289. The Labute approximate surface area is 177 Å². The van der Waals surface area contributed by atoms with Crippen molar-refractivity contribution in [2.24, 2.45) is 0 Å². The van der Waals surface area contributed by atoms with E-state index in [-0.39, 0.29) is 6.79 Å². The molecule has 0 amide bonds. The molecule has 158 valence electrons. The van der Waals surface area contributed by atoms with E-state index in [1.165, 1.54) is 32.7 Å². The van der Waals surface area contributed by atoms with Crippen LogP contribution in [-0.4, -0.2) is 31.1 Å². The van der Waals surface area contributed by atoms with Gasteiger partial charge in [0.25, 0.3) is 0 Å². The molecule has 1 unspecified atom stereocenters. The molecule has 3 heterocycles. The van der Waals surface area contributed by atoms with Crippen molar-refractivity contribution >= 4 is 21.5 Å². The second-order valence-corrected chi connectivity index (χ2v) is 7.79. The maximum atomic E-state index is 5.70. The molecule has 0 bridgehead atoms. The lowest BCUT2D eigenvalue weighted by atomic mass is 9.84. The fraction of sp³-hybridized carbons (Fsp3) is 0.440. The van der Waals surface area contributed by atoms with E-state index in [1.807, 2.05) is 13.8 Å². The average molecular weight is 408 g/mol. The third kappa shape index (κ3) is 2.79. The number of hydrogen-bond acceptors (Lipinski definition) is 5. The second kappa shape index (κ2) is 7.55. The topological polar surface area (TPSA) is 40.2 Å². The lowest BCUT2D eigenvalue weighted by molar-refractivity contribution is 0.173. The Balaban J connectivity index is 0.000000937. The summed E-state index contributed by atoms with van der Waals surface area (Å²) in [6, 6.07) is 9.17. The van der Waals surface area contributed by atoms with Gasteiger partial charge in [-0.05, 0) is 76.3 Å². The van der Waals surface area contributed by atoms with Crippen LogP contribution in [0.3, 0.4) is 0 Å². The van der Waals surface area contributed by atoms with Gasteiger partial charge in [0.05, 0.1) is 0 Å². The van der Waals surface area contributed by atoms with Gasteiger partial charge in [0.2, 0.25) is 13.6 Å². The largest absolute Gasteiger partial charge is 0.454 e. The van der Waals surface area contributed by atoms with Gasteiger partial charge in [0.15, 0.2) is 23.0 Å². The zero-order chi connectivity index (χ0) is 20.8. The van der Waals surface area contributed by atoms with E-state index in [1.54, 1.807) is 0 Å². The van der Waals surface area contributed by atoms with E-state index in [0.717, 1.165) is 48.9 Å². The molecule has 0 saturated heterocycles. The molecule has 6 rings (SSSR count). The standard InChI is InChI=1S/C23H23NO4.C2H6/c1-3-13-5-14-15-6-20-21(26-11-25-20)7-16(15)17-8-22-23(28-12-27-22)9-18(17)19(14)10-24(13)4-2;1-2/h6-9,13H,3-5,10-12H2,1-2H3;1-2H3. The fourth-order valence-electron chi connectivity index (χ4n) is 5.04. The monoisotopic (exact) mass is 407 g/mol. The first-order valence-corrected chi connectivity index (χ1v) is 11.1. The van der Waals surface area contributed by atoms with Crippen LogP contribution in [0.1, 0.15) is 45.2 Å². The summed E-state index contributed by atoms with van der Waals surface area (Å²) in [4.78, 5) is 2.59. The van der Waals surface area contributed by atoms with E-state index < -0.39 is 0 Å². The van der Waals surface area contributed by atoms with Gasteiger partial charge in [-0.15, -0.1) is 0 Å². The fourth-order valence-corrected chi connectivity index (χ4v) is 5.04. The van der Waals surface area contributed by atoms with Crippen molar-refractivity contribution in [3.8, 4) is 23.0 Å². The number of hydrogen-bond donors (Lipinski definition) is 0. The number of ether oxygens (including phenoxy) is 4. The van der Waals surface area contributed by atoms with E-state index >= 15 is 0 Å². The van der Waals surface area contributed by atoms with Crippen LogP contribution in [0.2, 0.25) is 0 Å². The van der Waals surface area contributed by atoms with Crippen LogP contribution in [0.25, 0.3) is 21.5 Å². The summed E-state index contributed by atoms with van der Waals surface area (Å²) in [5.74, 6) is 3.33. The molecule has 5 heteroatoms. The first-order chi connectivity index (χ1) is 14.8. The molecule has 3 aliphatic rings. The lowest BCUT2D eigenvalue weighted by Crippen LogP contribution is -2.39. The quantitative estimate of drug-likeness (QED) is 0.515. The van der Waals surface area contributed by atoms with Gasteiger partial charge in [0.1, 0.15) is 0 Å². The van der Waals surface area contributed by atoms with Gasteiger partial charge in [0, 0.05) is 12.6 Å². The molecule has 3 aromatic rings. The number of benzene rings is 3. The van der Waals surface area contributed by atoms with Gasteiger partial charge in [-0.25, -0.2) is 0 Å². The molecule has 0 aliphatic carbocycles. The molecule has 0 spiro atoms. The van der Waals surface area contributed by atoms with Crippen LogP contribution in [0.15, 0.2) is 24.3 Å². The third-order valence-electron chi connectivity index (χ3n) is 6.52. The molecular weight excluding hydrogens is 378 g/mol. The van der Waals surface area contributed by atoms with Crippen molar-refractivity contribution in [1.29, 1.82) is 0 Å². The zero-order valence-electron chi connectivity index (χ0n) is 18.2. The molecule has 3 aliphatic heterocycles. The van der Waals surface area contributed by atoms with Gasteiger partial charge in [-0.1, -0.05) is 27.7 Å².